The van der Waals surface area contributed by atoms with Crippen molar-refractivity contribution in [1.82, 2.24) is 14.9 Å². The van der Waals surface area contributed by atoms with E-state index >= 15 is 0 Å². The van der Waals surface area contributed by atoms with Crippen molar-refractivity contribution in [3.8, 4) is 0 Å². The Morgan fingerprint density at radius 3 is 2.87 bits per heavy atom. The molecule has 1 amide bonds. The number of para-hydroxylation sites is 1. The lowest BCUT2D eigenvalue weighted by Crippen LogP contribution is -2.36. The zero-order valence-corrected chi connectivity index (χ0v) is 17.9. The van der Waals surface area contributed by atoms with Crippen molar-refractivity contribution in [2.45, 2.75) is 26.8 Å². The fourth-order valence-corrected chi connectivity index (χ4v) is 4.23. The first-order valence-electron chi connectivity index (χ1n) is 10.2. The zero-order chi connectivity index (χ0) is 21.3. The molecule has 1 unspecified atom stereocenters. The van der Waals surface area contributed by atoms with Crippen molar-refractivity contribution in [3.05, 3.63) is 69.2 Å². The summed E-state index contributed by atoms with van der Waals surface area (Å²) in [5.74, 6) is 0.729. The van der Waals surface area contributed by atoms with E-state index in [9.17, 15) is 9.59 Å². The number of carbonyl (C=O) groups is 1. The number of benzene rings is 2. The van der Waals surface area contributed by atoms with Gasteiger partial charge in [0.1, 0.15) is 12.4 Å². The molecule has 0 aliphatic carbocycles. The maximum Gasteiger partial charge on any atom is 0.261 e. The summed E-state index contributed by atoms with van der Waals surface area (Å²) in [7, 11) is 0. The van der Waals surface area contributed by atoms with Crippen LogP contribution in [0.25, 0.3) is 10.9 Å². The number of aromatic nitrogens is 2. The van der Waals surface area contributed by atoms with Crippen LogP contribution in [-0.2, 0) is 11.3 Å². The van der Waals surface area contributed by atoms with Gasteiger partial charge in [-0.1, -0.05) is 29.8 Å². The maximum atomic E-state index is 12.7. The van der Waals surface area contributed by atoms with Crippen molar-refractivity contribution in [3.63, 3.8) is 0 Å². The summed E-state index contributed by atoms with van der Waals surface area (Å²) in [5.41, 5.74) is 2.82. The second-order valence-electron chi connectivity index (χ2n) is 7.90. The Kier molecular flexibility index (Phi) is 5.77. The fraction of sp³-hybridized carbons (Fsp3) is 0.348. The van der Waals surface area contributed by atoms with E-state index in [0.717, 1.165) is 30.2 Å². The average Bonchev–Trinajstić information content (AvgIpc) is 3.20. The standard InChI is InChI=1S/C23H25ClN4O2/c1-15-7-8-18(24)11-21(15)27-10-9-17(13-27)12-25-22(29)14-28-16(2)26-20-6-4-3-5-19(20)23(28)30/h3-8,11,17H,9-10,12-14H2,1-2H3,(H,25,29). The minimum atomic E-state index is -0.184. The van der Waals surface area contributed by atoms with Crippen molar-refractivity contribution in [1.29, 1.82) is 0 Å². The molecule has 30 heavy (non-hydrogen) atoms. The Morgan fingerprint density at radius 2 is 2.03 bits per heavy atom. The van der Waals surface area contributed by atoms with Gasteiger partial charge in [-0.05, 0) is 56.0 Å². The number of carbonyl (C=O) groups excluding carboxylic acids is 1. The van der Waals surface area contributed by atoms with Crippen LogP contribution >= 0.6 is 11.6 Å². The van der Waals surface area contributed by atoms with E-state index in [1.54, 1.807) is 19.1 Å². The Bertz CT molecular complexity index is 1160. The van der Waals surface area contributed by atoms with Gasteiger partial charge < -0.3 is 10.2 Å². The normalized spacial score (nSPS) is 16.2. The first kappa shape index (κ1) is 20.4. The number of hydrogen-bond donors (Lipinski definition) is 1. The molecule has 2 heterocycles. The molecule has 1 aliphatic rings. The van der Waals surface area contributed by atoms with Gasteiger partial charge in [0.05, 0.1) is 10.9 Å². The van der Waals surface area contributed by atoms with Gasteiger partial charge in [-0.15, -0.1) is 0 Å². The monoisotopic (exact) mass is 424 g/mol. The van der Waals surface area contributed by atoms with E-state index in [1.807, 2.05) is 30.3 Å². The first-order valence-corrected chi connectivity index (χ1v) is 10.5. The molecule has 0 radical (unpaired) electrons. The van der Waals surface area contributed by atoms with Crippen LogP contribution in [0, 0.1) is 19.8 Å². The number of amides is 1. The van der Waals surface area contributed by atoms with Gasteiger partial charge in [-0.2, -0.15) is 0 Å². The van der Waals surface area contributed by atoms with Gasteiger partial charge >= 0.3 is 0 Å². The average molecular weight is 425 g/mol. The minimum Gasteiger partial charge on any atom is -0.371 e. The number of hydrogen-bond acceptors (Lipinski definition) is 4. The summed E-state index contributed by atoms with van der Waals surface area (Å²) < 4.78 is 1.44. The highest BCUT2D eigenvalue weighted by Gasteiger charge is 2.24. The van der Waals surface area contributed by atoms with E-state index < -0.39 is 0 Å². The number of nitrogens with one attached hydrogen (secondary N) is 1. The number of fused-ring (bicyclic) bond motifs is 1. The summed E-state index contributed by atoms with van der Waals surface area (Å²) in [6.45, 7) is 6.21. The van der Waals surface area contributed by atoms with Gasteiger partial charge in [-0.3, -0.25) is 14.2 Å². The van der Waals surface area contributed by atoms with Crippen LogP contribution < -0.4 is 15.8 Å². The quantitative estimate of drug-likeness (QED) is 0.682. The van der Waals surface area contributed by atoms with Crippen LogP contribution in [0.4, 0.5) is 5.69 Å². The molecule has 2 aromatic carbocycles. The lowest BCUT2D eigenvalue weighted by atomic mass is 10.1. The SMILES string of the molecule is Cc1ccc(Cl)cc1N1CCC(CNC(=O)Cn2c(C)nc3ccccc3c2=O)C1. The molecule has 0 saturated carbocycles. The van der Waals surface area contributed by atoms with E-state index in [1.165, 1.54) is 10.1 Å². The van der Waals surface area contributed by atoms with Gasteiger partial charge in [0.2, 0.25) is 5.91 Å². The highest BCUT2D eigenvalue weighted by Crippen LogP contribution is 2.29. The number of halogens is 1. The van der Waals surface area contributed by atoms with E-state index in [0.29, 0.717) is 29.2 Å². The maximum absolute atomic E-state index is 12.7. The molecule has 1 saturated heterocycles. The van der Waals surface area contributed by atoms with Crippen molar-refractivity contribution in [2.75, 3.05) is 24.5 Å². The summed E-state index contributed by atoms with van der Waals surface area (Å²) in [6.07, 6.45) is 1.00. The van der Waals surface area contributed by atoms with Crippen LogP contribution in [0.1, 0.15) is 17.8 Å². The largest absolute Gasteiger partial charge is 0.371 e. The highest BCUT2D eigenvalue weighted by molar-refractivity contribution is 6.30. The molecular weight excluding hydrogens is 400 g/mol. The molecule has 1 aromatic heterocycles. The number of nitrogens with zero attached hydrogens (tertiary/aromatic N) is 3. The zero-order valence-electron chi connectivity index (χ0n) is 17.2. The van der Waals surface area contributed by atoms with Crippen molar-refractivity contribution in [2.24, 2.45) is 5.92 Å². The lowest BCUT2D eigenvalue weighted by molar-refractivity contribution is -0.121. The molecule has 7 heteroatoms. The molecule has 1 fully saturated rings. The number of aryl methyl sites for hydroxylation is 2. The fourth-order valence-electron chi connectivity index (χ4n) is 4.06. The van der Waals surface area contributed by atoms with E-state index in [4.69, 9.17) is 11.6 Å². The predicted molar refractivity (Wildman–Crippen MR) is 120 cm³/mol. The van der Waals surface area contributed by atoms with Gasteiger partial charge in [0.15, 0.2) is 0 Å². The Hall–Kier alpha value is -2.86. The van der Waals surface area contributed by atoms with Crippen LogP contribution in [-0.4, -0.2) is 35.1 Å². The topological polar surface area (TPSA) is 67.2 Å². The smallest absolute Gasteiger partial charge is 0.261 e. The van der Waals surface area contributed by atoms with Crippen molar-refractivity contribution >= 4 is 34.1 Å². The second-order valence-corrected chi connectivity index (χ2v) is 8.34. The van der Waals surface area contributed by atoms with Gasteiger partial charge in [0, 0.05) is 30.3 Å². The molecule has 4 rings (SSSR count). The number of anilines is 1. The molecule has 0 bridgehead atoms. The molecule has 1 N–H and O–H groups in total. The minimum absolute atomic E-state index is 0.0215. The highest BCUT2D eigenvalue weighted by atomic mass is 35.5. The Labute approximate surface area is 180 Å². The van der Waals surface area contributed by atoms with Crippen molar-refractivity contribution < 1.29 is 4.79 Å². The third-order valence-corrected chi connectivity index (χ3v) is 5.97. The predicted octanol–water partition coefficient (Wildman–Crippen LogP) is 3.31. The summed E-state index contributed by atoms with van der Waals surface area (Å²) in [4.78, 5) is 32.0. The van der Waals surface area contributed by atoms with Gasteiger partial charge in [0.25, 0.3) is 5.56 Å². The summed E-state index contributed by atoms with van der Waals surface area (Å²) in [6, 6.07) is 13.1. The summed E-state index contributed by atoms with van der Waals surface area (Å²) >= 11 is 6.16. The lowest BCUT2D eigenvalue weighted by Gasteiger charge is -2.21. The third kappa shape index (κ3) is 4.19. The van der Waals surface area contributed by atoms with E-state index in [2.05, 4.69) is 22.1 Å². The molecular formula is C23H25ClN4O2. The van der Waals surface area contributed by atoms with Crippen LogP contribution in [0.5, 0.6) is 0 Å². The van der Waals surface area contributed by atoms with Crippen LogP contribution in [0.3, 0.4) is 0 Å². The molecule has 1 atom stereocenters. The second kappa shape index (κ2) is 8.48. The third-order valence-electron chi connectivity index (χ3n) is 5.74. The van der Waals surface area contributed by atoms with Crippen LogP contribution in [0.15, 0.2) is 47.3 Å². The summed E-state index contributed by atoms with van der Waals surface area (Å²) in [5, 5.41) is 4.25. The van der Waals surface area contributed by atoms with E-state index in [-0.39, 0.29) is 18.0 Å². The first-order chi connectivity index (χ1) is 14.4. The number of rotatable bonds is 5. The van der Waals surface area contributed by atoms with Gasteiger partial charge in [-0.25, -0.2) is 4.98 Å². The Balaban J connectivity index is 1.37. The molecule has 6 nitrogen and oxygen atoms in total. The Morgan fingerprint density at radius 1 is 1.23 bits per heavy atom. The molecule has 156 valence electrons. The molecule has 3 aromatic rings. The molecule has 1 aliphatic heterocycles. The molecule has 0 spiro atoms. The van der Waals surface area contributed by atoms with Crippen LogP contribution in [0.2, 0.25) is 5.02 Å².